The van der Waals surface area contributed by atoms with E-state index in [1.807, 2.05) is 48.5 Å². The lowest BCUT2D eigenvalue weighted by molar-refractivity contribution is -0.129. The zero-order valence-electron chi connectivity index (χ0n) is 20.1. The van der Waals surface area contributed by atoms with Gasteiger partial charge in [-0.3, -0.25) is 9.69 Å². The smallest absolute Gasteiger partial charge is 0.325 e. The number of urea groups is 1. The highest BCUT2D eigenvalue weighted by Crippen LogP contribution is 2.34. The Bertz CT molecular complexity index is 1450. The van der Waals surface area contributed by atoms with Crippen molar-refractivity contribution in [2.24, 2.45) is 0 Å². The Balaban J connectivity index is 1.46. The molecule has 1 aromatic heterocycles. The highest BCUT2D eigenvalue weighted by molar-refractivity contribution is 14.1. The number of aliphatic hydroxyl groups excluding tert-OH is 1. The van der Waals surface area contributed by atoms with Crippen LogP contribution in [0.5, 0.6) is 5.75 Å². The summed E-state index contributed by atoms with van der Waals surface area (Å²) >= 11 is 8.68. The molecule has 0 saturated carbocycles. The fourth-order valence-electron chi connectivity index (χ4n) is 4.43. The average Bonchev–Trinajstić information content (AvgIpc) is 3.51. The molecule has 2 atom stereocenters. The number of benzene rings is 3. The van der Waals surface area contributed by atoms with Gasteiger partial charge in [0.25, 0.3) is 5.91 Å². The molecule has 3 N–H and O–H groups in total. The van der Waals surface area contributed by atoms with Crippen LogP contribution in [-0.4, -0.2) is 45.1 Å². The molecule has 8 nitrogen and oxygen atoms in total. The van der Waals surface area contributed by atoms with Gasteiger partial charge in [0.15, 0.2) is 0 Å². The SMILES string of the molecule is O=C1NC(c2ccc(OCCO)cc2)C(=O)N1[C@@H](Cc1ccccc1)c1ncc(-c2ccc(I)cc2Cl)[nH]1. The summed E-state index contributed by atoms with van der Waals surface area (Å²) in [5.74, 6) is 0.677. The number of carbonyl (C=O) groups is 2. The number of imide groups is 1. The minimum atomic E-state index is -0.840. The summed E-state index contributed by atoms with van der Waals surface area (Å²) in [5, 5.41) is 12.3. The quantitative estimate of drug-likeness (QED) is 0.170. The number of nitrogens with one attached hydrogen (secondary N) is 2. The molecule has 4 aromatic rings. The van der Waals surface area contributed by atoms with E-state index < -0.39 is 18.1 Å². The molecule has 2 heterocycles. The molecule has 1 aliphatic heterocycles. The maximum absolute atomic E-state index is 13.7. The number of hydrogen-bond acceptors (Lipinski definition) is 5. The monoisotopic (exact) mass is 642 g/mol. The third kappa shape index (κ3) is 5.54. The van der Waals surface area contributed by atoms with E-state index in [1.165, 1.54) is 4.90 Å². The van der Waals surface area contributed by atoms with Crippen molar-refractivity contribution in [1.29, 1.82) is 0 Å². The van der Waals surface area contributed by atoms with E-state index in [1.54, 1.807) is 30.5 Å². The van der Waals surface area contributed by atoms with Crippen molar-refractivity contribution >= 4 is 46.1 Å². The van der Waals surface area contributed by atoms with E-state index >= 15 is 0 Å². The van der Waals surface area contributed by atoms with Gasteiger partial charge in [0.2, 0.25) is 0 Å². The minimum absolute atomic E-state index is 0.0963. The van der Waals surface area contributed by atoms with Gasteiger partial charge in [0, 0.05) is 15.6 Å². The molecule has 0 bridgehead atoms. The van der Waals surface area contributed by atoms with Gasteiger partial charge in [0.05, 0.1) is 23.5 Å². The summed E-state index contributed by atoms with van der Waals surface area (Å²) in [4.78, 5) is 36.0. The zero-order chi connectivity index (χ0) is 26.6. The van der Waals surface area contributed by atoms with E-state index in [0.717, 1.165) is 14.7 Å². The van der Waals surface area contributed by atoms with Crippen molar-refractivity contribution in [3.63, 3.8) is 0 Å². The van der Waals surface area contributed by atoms with Crippen LogP contribution < -0.4 is 10.1 Å². The predicted octanol–water partition coefficient (Wildman–Crippen LogP) is 5.28. The number of carbonyl (C=O) groups excluding carboxylic acids is 2. The van der Waals surface area contributed by atoms with Gasteiger partial charge in [-0.2, -0.15) is 0 Å². The maximum atomic E-state index is 13.7. The van der Waals surface area contributed by atoms with Gasteiger partial charge in [-0.15, -0.1) is 0 Å². The summed E-state index contributed by atoms with van der Waals surface area (Å²) in [6.07, 6.45) is 2.05. The highest BCUT2D eigenvalue weighted by Gasteiger charge is 2.44. The second kappa shape index (κ2) is 11.5. The van der Waals surface area contributed by atoms with Gasteiger partial charge in [-0.25, -0.2) is 9.78 Å². The summed E-state index contributed by atoms with van der Waals surface area (Å²) in [5.41, 5.74) is 3.06. The Morgan fingerprint density at radius 2 is 1.84 bits per heavy atom. The van der Waals surface area contributed by atoms with Gasteiger partial charge >= 0.3 is 6.03 Å². The largest absolute Gasteiger partial charge is 0.491 e. The van der Waals surface area contributed by atoms with Crippen molar-refractivity contribution < 1.29 is 19.4 Å². The second-order valence-corrected chi connectivity index (χ2v) is 10.4. The van der Waals surface area contributed by atoms with Gasteiger partial charge < -0.3 is 20.1 Å². The van der Waals surface area contributed by atoms with Crippen LogP contribution >= 0.6 is 34.2 Å². The van der Waals surface area contributed by atoms with Gasteiger partial charge in [-0.05, 0) is 58.0 Å². The molecule has 1 fully saturated rings. The number of hydrogen-bond donors (Lipinski definition) is 3. The molecule has 5 rings (SSSR count). The molecule has 0 spiro atoms. The highest BCUT2D eigenvalue weighted by atomic mass is 127. The molecule has 10 heteroatoms. The number of aromatic amines is 1. The Kier molecular flexibility index (Phi) is 7.96. The van der Waals surface area contributed by atoms with Crippen molar-refractivity contribution in [2.75, 3.05) is 13.2 Å². The molecule has 194 valence electrons. The van der Waals surface area contributed by atoms with Crippen LogP contribution in [0, 0.1) is 3.57 Å². The van der Waals surface area contributed by atoms with E-state index in [9.17, 15) is 9.59 Å². The molecule has 3 amide bonds. The standard InChI is InChI=1S/C28H24ClIN4O4/c29-22-15-19(30)8-11-21(22)23-16-31-26(32-23)24(14-17-4-2-1-3-5-17)34-27(36)25(33-28(34)37)18-6-9-20(10-7-18)38-13-12-35/h1-11,15-16,24-25,35H,12-14H2,(H,31,32)(H,33,37)/t24-,25?/m0/s1. The molecule has 1 aliphatic rings. The fourth-order valence-corrected chi connectivity index (χ4v) is 5.39. The summed E-state index contributed by atoms with van der Waals surface area (Å²) in [7, 11) is 0. The molecular formula is C28H24ClIN4O4. The van der Waals surface area contributed by atoms with Gasteiger partial charge in [0.1, 0.15) is 30.3 Å². The van der Waals surface area contributed by atoms with Crippen LogP contribution in [0.15, 0.2) is 79.0 Å². The van der Waals surface area contributed by atoms with Crippen LogP contribution in [0.3, 0.4) is 0 Å². The number of imidazole rings is 1. The first-order valence-corrected chi connectivity index (χ1v) is 13.4. The first-order valence-electron chi connectivity index (χ1n) is 12.0. The van der Waals surface area contributed by atoms with E-state index in [4.69, 9.17) is 21.4 Å². The Morgan fingerprint density at radius 1 is 1.08 bits per heavy atom. The number of aromatic nitrogens is 2. The number of rotatable bonds is 9. The van der Waals surface area contributed by atoms with Gasteiger partial charge in [-0.1, -0.05) is 60.1 Å². The number of ether oxygens (including phenoxy) is 1. The normalized spacial score (nSPS) is 16.0. The van der Waals surface area contributed by atoms with Crippen LogP contribution in [0.25, 0.3) is 11.3 Å². The van der Waals surface area contributed by atoms with Crippen molar-refractivity contribution in [3.8, 4) is 17.0 Å². The van der Waals surface area contributed by atoms with E-state index in [-0.39, 0.29) is 19.1 Å². The average molecular weight is 643 g/mol. The molecule has 1 unspecified atom stereocenters. The lowest BCUT2D eigenvalue weighted by Crippen LogP contribution is -2.36. The third-order valence-electron chi connectivity index (χ3n) is 6.26. The molecule has 0 radical (unpaired) electrons. The van der Waals surface area contributed by atoms with Crippen LogP contribution in [-0.2, 0) is 11.2 Å². The molecule has 38 heavy (non-hydrogen) atoms. The van der Waals surface area contributed by atoms with Crippen LogP contribution in [0.2, 0.25) is 5.02 Å². The summed E-state index contributed by atoms with van der Waals surface area (Å²) in [6.45, 7) is 0.0763. The number of amides is 3. The Hall–Kier alpha value is -3.41. The fraction of sp³-hybridized carbons (Fsp3) is 0.179. The number of halogens is 2. The predicted molar refractivity (Wildman–Crippen MR) is 152 cm³/mol. The second-order valence-electron chi connectivity index (χ2n) is 8.74. The number of H-pyrrole nitrogens is 1. The van der Waals surface area contributed by atoms with E-state index in [0.29, 0.717) is 34.3 Å². The minimum Gasteiger partial charge on any atom is -0.491 e. The first kappa shape index (κ1) is 26.2. The molecule has 0 aliphatic carbocycles. The van der Waals surface area contributed by atoms with Crippen molar-refractivity contribution in [1.82, 2.24) is 20.2 Å². The molecular weight excluding hydrogens is 619 g/mol. The van der Waals surface area contributed by atoms with Crippen molar-refractivity contribution in [3.05, 3.63) is 105 Å². The number of nitrogens with zero attached hydrogens (tertiary/aromatic N) is 2. The maximum Gasteiger partial charge on any atom is 0.325 e. The number of aliphatic hydroxyl groups is 1. The first-order chi connectivity index (χ1) is 18.4. The topological polar surface area (TPSA) is 108 Å². The zero-order valence-corrected chi connectivity index (χ0v) is 23.0. The molecule has 3 aromatic carbocycles. The lowest BCUT2D eigenvalue weighted by atomic mass is 10.0. The third-order valence-corrected chi connectivity index (χ3v) is 7.24. The Labute approximate surface area is 238 Å². The van der Waals surface area contributed by atoms with Crippen molar-refractivity contribution in [2.45, 2.75) is 18.5 Å². The molecule has 1 saturated heterocycles. The Morgan fingerprint density at radius 3 is 2.55 bits per heavy atom. The summed E-state index contributed by atoms with van der Waals surface area (Å²) < 4.78 is 6.41. The summed E-state index contributed by atoms with van der Waals surface area (Å²) in [6, 6.07) is 20.2. The van der Waals surface area contributed by atoms with Crippen LogP contribution in [0.4, 0.5) is 4.79 Å². The van der Waals surface area contributed by atoms with Crippen LogP contribution in [0.1, 0.15) is 29.0 Å². The lowest BCUT2D eigenvalue weighted by Gasteiger charge is -2.24. The van der Waals surface area contributed by atoms with E-state index in [2.05, 4.69) is 37.9 Å².